The van der Waals surface area contributed by atoms with Crippen LogP contribution in [0.1, 0.15) is 25.7 Å². The largest absolute Gasteiger partial charge is 0.480 e. The molecule has 1 fully saturated rings. The smallest absolute Gasteiger partial charge is 0.471 e. The van der Waals surface area contributed by atoms with E-state index in [0.717, 1.165) is 12.8 Å². The molecule has 0 spiro atoms. The van der Waals surface area contributed by atoms with Gasteiger partial charge in [-0.25, -0.2) is 4.79 Å². The summed E-state index contributed by atoms with van der Waals surface area (Å²) >= 11 is 0. The summed E-state index contributed by atoms with van der Waals surface area (Å²) in [7, 11) is 0. The number of aliphatic carboxylic acids is 1. The van der Waals surface area contributed by atoms with Crippen LogP contribution in [0.15, 0.2) is 0 Å². The molecule has 0 aromatic heterocycles. The average Bonchev–Trinajstić information content (AvgIpc) is 2.63. The maximum absolute atomic E-state index is 12.0. The molecule has 1 rings (SSSR count). The number of nitrogens with one attached hydrogen (secondary N) is 1. The van der Waals surface area contributed by atoms with Crippen molar-refractivity contribution in [2.24, 2.45) is 5.92 Å². The van der Waals surface area contributed by atoms with E-state index in [9.17, 15) is 22.8 Å². The molecule has 1 aliphatic carbocycles. The van der Waals surface area contributed by atoms with Crippen molar-refractivity contribution in [3.63, 3.8) is 0 Å². The van der Waals surface area contributed by atoms with Crippen molar-refractivity contribution in [3.8, 4) is 0 Å². The number of alkyl halides is 3. The Bertz CT molecular complexity index is 284. The lowest BCUT2D eigenvalue weighted by Crippen LogP contribution is -2.49. The summed E-state index contributed by atoms with van der Waals surface area (Å²) in [6, 6.07) is -1.43. The zero-order valence-electron chi connectivity index (χ0n) is 8.38. The van der Waals surface area contributed by atoms with Crippen molar-refractivity contribution in [1.82, 2.24) is 5.32 Å². The van der Waals surface area contributed by atoms with Gasteiger partial charge in [0.25, 0.3) is 0 Å². The molecule has 4 nitrogen and oxygen atoms in total. The van der Waals surface area contributed by atoms with Gasteiger partial charge in [-0.2, -0.15) is 13.2 Å². The maximum atomic E-state index is 12.0. The lowest BCUT2D eigenvalue weighted by atomic mass is 9.98. The third-order valence-electron chi connectivity index (χ3n) is 2.68. The number of amides is 1. The summed E-state index contributed by atoms with van der Waals surface area (Å²) in [4.78, 5) is 21.4. The van der Waals surface area contributed by atoms with Gasteiger partial charge in [0.1, 0.15) is 6.04 Å². The van der Waals surface area contributed by atoms with E-state index in [4.69, 9.17) is 5.11 Å². The fourth-order valence-electron chi connectivity index (χ4n) is 1.90. The summed E-state index contributed by atoms with van der Waals surface area (Å²) in [6.45, 7) is 0. The summed E-state index contributed by atoms with van der Waals surface area (Å²) < 4.78 is 35.9. The highest BCUT2D eigenvalue weighted by atomic mass is 19.4. The molecule has 1 aliphatic rings. The first-order valence-electron chi connectivity index (χ1n) is 4.93. The van der Waals surface area contributed by atoms with Gasteiger partial charge in [-0.1, -0.05) is 12.8 Å². The Morgan fingerprint density at radius 2 is 1.75 bits per heavy atom. The van der Waals surface area contributed by atoms with Crippen LogP contribution in [0.5, 0.6) is 0 Å². The molecule has 1 amide bonds. The summed E-state index contributed by atoms with van der Waals surface area (Å²) in [5.74, 6) is -4.00. The van der Waals surface area contributed by atoms with E-state index in [2.05, 4.69) is 0 Å². The fraction of sp³-hybridized carbons (Fsp3) is 0.778. The number of carbonyl (C=O) groups is 2. The SMILES string of the molecule is O=C(O)[C@H](NC(=O)C(F)(F)F)C1CCCC1. The molecule has 0 saturated heterocycles. The van der Waals surface area contributed by atoms with Crippen molar-refractivity contribution in [2.75, 3.05) is 0 Å². The summed E-state index contributed by atoms with van der Waals surface area (Å²) in [5.41, 5.74) is 0. The van der Waals surface area contributed by atoms with Crippen LogP contribution >= 0.6 is 0 Å². The number of carbonyl (C=O) groups excluding carboxylic acids is 1. The minimum absolute atomic E-state index is 0.399. The first-order valence-corrected chi connectivity index (χ1v) is 4.93. The Labute approximate surface area is 89.8 Å². The molecule has 1 atom stereocenters. The van der Waals surface area contributed by atoms with Crippen LogP contribution in [0.25, 0.3) is 0 Å². The number of hydrogen-bond acceptors (Lipinski definition) is 2. The zero-order chi connectivity index (χ0) is 12.3. The molecule has 0 radical (unpaired) electrons. The molecule has 0 aliphatic heterocycles. The maximum Gasteiger partial charge on any atom is 0.471 e. The lowest BCUT2D eigenvalue weighted by molar-refractivity contribution is -0.176. The highest BCUT2D eigenvalue weighted by Crippen LogP contribution is 2.28. The monoisotopic (exact) mass is 239 g/mol. The van der Waals surface area contributed by atoms with Gasteiger partial charge in [0.05, 0.1) is 0 Å². The van der Waals surface area contributed by atoms with Crippen LogP contribution in [0.3, 0.4) is 0 Å². The number of carboxylic acids is 1. The highest BCUT2D eigenvalue weighted by Gasteiger charge is 2.42. The zero-order valence-corrected chi connectivity index (χ0v) is 8.38. The Kier molecular flexibility index (Phi) is 3.77. The van der Waals surface area contributed by atoms with Gasteiger partial charge in [-0.05, 0) is 18.8 Å². The van der Waals surface area contributed by atoms with E-state index in [1.54, 1.807) is 0 Å². The predicted octanol–water partition coefficient (Wildman–Crippen LogP) is 1.31. The molecule has 0 aromatic carbocycles. The first kappa shape index (κ1) is 12.8. The highest BCUT2D eigenvalue weighted by molar-refractivity contribution is 5.87. The van der Waals surface area contributed by atoms with Crippen LogP contribution in [-0.2, 0) is 9.59 Å². The predicted molar refractivity (Wildman–Crippen MR) is 47.6 cm³/mol. The minimum Gasteiger partial charge on any atom is -0.480 e. The van der Waals surface area contributed by atoms with Crippen LogP contribution in [-0.4, -0.2) is 29.2 Å². The van der Waals surface area contributed by atoms with Gasteiger partial charge >= 0.3 is 18.1 Å². The second kappa shape index (κ2) is 4.71. The van der Waals surface area contributed by atoms with Crippen LogP contribution in [0.2, 0.25) is 0 Å². The number of carboxylic acid groups (broad SMARTS) is 1. The van der Waals surface area contributed by atoms with E-state index in [1.165, 1.54) is 5.32 Å². The second-order valence-corrected chi connectivity index (χ2v) is 3.83. The average molecular weight is 239 g/mol. The number of halogens is 3. The van der Waals surface area contributed by atoms with E-state index in [0.29, 0.717) is 12.8 Å². The Balaban J connectivity index is 2.65. The van der Waals surface area contributed by atoms with Crippen molar-refractivity contribution < 1.29 is 27.9 Å². The van der Waals surface area contributed by atoms with E-state index in [-0.39, 0.29) is 0 Å². The molecule has 0 unspecified atom stereocenters. The van der Waals surface area contributed by atoms with Crippen molar-refractivity contribution in [3.05, 3.63) is 0 Å². The van der Waals surface area contributed by atoms with Crippen LogP contribution < -0.4 is 5.32 Å². The van der Waals surface area contributed by atoms with E-state index < -0.39 is 30.0 Å². The summed E-state index contributed by atoms with van der Waals surface area (Å²) in [5, 5.41) is 10.3. The van der Waals surface area contributed by atoms with Gasteiger partial charge in [0.15, 0.2) is 0 Å². The summed E-state index contributed by atoms with van der Waals surface area (Å²) in [6.07, 6.45) is -2.39. The molecular formula is C9H12F3NO3. The first-order chi connectivity index (χ1) is 7.32. The topological polar surface area (TPSA) is 66.4 Å². The van der Waals surface area contributed by atoms with Gasteiger partial charge in [0, 0.05) is 0 Å². The number of hydrogen-bond donors (Lipinski definition) is 2. The standard InChI is InChI=1S/C9H12F3NO3/c10-9(11,12)8(16)13-6(7(14)15)5-3-1-2-4-5/h5-6H,1-4H2,(H,13,16)(H,14,15)/t6-/m1/s1. The van der Waals surface area contributed by atoms with E-state index in [1.807, 2.05) is 0 Å². The van der Waals surface area contributed by atoms with Crippen LogP contribution in [0.4, 0.5) is 13.2 Å². The van der Waals surface area contributed by atoms with E-state index >= 15 is 0 Å². The van der Waals surface area contributed by atoms with Gasteiger partial charge in [-0.3, -0.25) is 4.79 Å². The Morgan fingerprint density at radius 3 is 2.12 bits per heavy atom. The van der Waals surface area contributed by atoms with Gasteiger partial charge in [-0.15, -0.1) is 0 Å². The molecule has 16 heavy (non-hydrogen) atoms. The number of rotatable bonds is 3. The quantitative estimate of drug-likeness (QED) is 0.780. The fourth-order valence-corrected chi connectivity index (χ4v) is 1.90. The van der Waals surface area contributed by atoms with Crippen LogP contribution in [0, 0.1) is 5.92 Å². The molecule has 7 heteroatoms. The van der Waals surface area contributed by atoms with Gasteiger partial charge < -0.3 is 10.4 Å². The molecule has 0 bridgehead atoms. The second-order valence-electron chi connectivity index (χ2n) is 3.83. The molecule has 1 saturated carbocycles. The van der Waals surface area contributed by atoms with Crippen molar-refractivity contribution in [2.45, 2.75) is 37.9 Å². The third kappa shape index (κ3) is 3.11. The molecule has 0 heterocycles. The third-order valence-corrected chi connectivity index (χ3v) is 2.68. The lowest BCUT2D eigenvalue weighted by Gasteiger charge is -2.21. The van der Waals surface area contributed by atoms with Crippen molar-refractivity contribution >= 4 is 11.9 Å². The molecular weight excluding hydrogens is 227 g/mol. The normalized spacial score (nSPS) is 19.4. The van der Waals surface area contributed by atoms with Crippen molar-refractivity contribution in [1.29, 1.82) is 0 Å². The minimum atomic E-state index is -5.04. The Hall–Kier alpha value is -1.27. The Morgan fingerprint density at radius 1 is 1.25 bits per heavy atom. The van der Waals surface area contributed by atoms with Gasteiger partial charge in [0.2, 0.25) is 0 Å². The molecule has 92 valence electrons. The molecule has 0 aromatic rings. The molecule has 2 N–H and O–H groups in total.